The average molecular weight is 517 g/mol. The lowest BCUT2D eigenvalue weighted by Gasteiger charge is -2.16. The van der Waals surface area contributed by atoms with Crippen LogP contribution in [0.15, 0.2) is 33.3 Å². The SMILES string of the molecule is CCOc1cc(C=N/N=C2/NC(=O)/C(=C\C(=O)OC)S2)cc(I)c1OC(C)C. The summed E-state index contributed by atoms with van der Waals surface area (Å²) in [5.41, 5.74) is 0.771. The van der Waals surface area contributed by atoms with E-state index in [-0.39, 0.29) is 16.2 Å². The summed E-state index contributed by atoms with van der Waals surface area (Å²) in [5.74, 6) is 0.290. The number of nitrogens with one attached hydrogen (secondary N) is 1. The van der Waals surface area contributed by atoms with Crippen molar-refractivity contribution in [1.82, 2.24) is 5.32 Å². The van der Waals surface area contributed by atoms with Crippen LogP contribution in [0.25, 0.3) is 0 Å². The topological polar surface area (TPSA) is 98.6 Å². The summed E-state index contributed by atoms with van der Waals surface area (Å²) in [6.07, 6.45) is 2.68. The Labute approximate surface area is 180 Å². The molecule has 0 atom stereocenters. The van der Waals surface area contributed by atoms with Crippen LogP contribution in [0.4, 0.5) is 0 Å². The molecule has 8 nitrogen and oxygen atoms in total. The first-order valence-corrected chi connectivity index (χ1v) is 10.3. The zero-order valence-electron chi connectivity index (χ0n) is 15.8. The first kappa shape index (κ1) is 22.2. The van der Waals surface area contributed by atoms with Gasteiger partial charge in [-0.25, -0.2) is 4.79 Å². The van der Waals surface area contributed by atoms with Crippen molar-refractivity contribution in [3.8, 4) is 11.5 Å². The molecule has 1 fully saturated rings. The standard InChI is InChI=1S/C18H20IN3O5S/c1-5-26-13-7-11(6-12(19)16(13)27-10(2)3)9-20-22-18-21-17(24)14(28-18)8-15(23)25-4/h6-10H,5H2,1-4H3,(H,21,22,24)/b14-8+,20-9?. The molecule has 1 aliphatic heterocycles. The minimum Gasteiger partial charge on any atom is -0.490 e. The van der Waals surface area contributed by atoms with E-state index in [1.165, 1.54) is 7.11 Å². The molecule has 0 aliphatic carbocycles. The number of thioether (sulfide) groups is 1. The third kappa shape index (κ3) is 6.23. The first-order valence-electron chi connectivity index (χ1n) is 8.36. The third-order valence-electron chi connectivity index (χ3n) is 3.14. The molecule has 1 aromatic carbocycles. The van der Waals surface area contributed by atoms with Gasteiger partial charge in [0, 0.05) is 6.08 Å². The zero-order chi connectivity index (χ0) is 20.7. The van der Waals surface area contributed by atoms with E-state index >= 15 is 0 Å². The summed E-state index contributed by atoms with van der Waals surface area (Å²) >= 11 is 3.19. The quantitative estimate of drug-likeness (QED) is 0.196. The second-order valence-corrected chi connectivity index (χ2v) is 7.86. The van der Waals surface area contributed by atoms with E-state index in [1.54, 1.807) is 6.21 Å². The van der Waals surface area contributed by atoms with Crippen molar-refractivity contribution in [1.29, 1.82) is 0 Å². The Hall–Kier alpha value is -2.08. The van der Waals surface area contributed by atoms with Gasteiger partial charge in [0.25, 0.3) is 5.91 Å². The number of esters is 1. The number of nitrogens with zero attached hydrogens (tertiary/aromatic N) is 2. The number of carbonyl (C=O) groups excluding carboxylic acids is 2. The summed E-state index contributed by atoms with van der Waals surface area (Å²) < 4.78 is 16.9. The minimum absolute atomic E-state index is 0.0221. The molecule has 2 rings (SSSR count). The van der Waals surface area contributed by atoms with Gasteiger partial charge in [0.15, 0.2) is 16.7 Å². The van der Waals surface area contributed by atoms with Crippen LogP contribution >= 0.6 is 34.4 Å². The van der Waals surface area contributed by atoms with Crippen molar-refractivity contribution < 1.29 is 23.8 Å². The zero-order valence-corrected chi connectivity index (χ0v) is 18.8. The van der Waals surface area contributed by atoms with Crippen LogP contribution < -0.4 is 14.8 Å². The molecule has 0 unspecified atom stereocenters. The van der Waals surface area contributed by atoms with Gasteiger partial charge in [0.05, 0.1) is 34.5 Å². The van der Waals surface area contributed by atoms with Crippen LogP contribution in [0.5, 0.6) is 11.5 Å². The largest absolute Gasteiger partial charge is 0.490 e. The van der Waals surface area contributed by atoms with Crippen LogP contribution in [-0.4, -0.2) is 43.1 Å². The molecule has 0 spiro atoms. The number of ether oxygens (including phenoxy) is 3. The Bertz CT molecular complexity index is 852. The van der Waals surface area contributed by atoms with Crippen molar-refractivity contribution in [3.63, 3.8) is 0 Å². The van der Waals surface area contributed by atoms with Crippen LogP contribution in [0.2, 0.25) is 0 Å². The lowest BCUT2D eigenvalue weighted by Crippen LogP contribution is -2.19. The molecule has 1 saturated heterocycles. The molecule has 28 heavy (non-hydrogen) atoms. The normalized spacial score (nSPS) is 16.9. The van der Waals surface area contributed by atoms with Gasteiger partial charge in [0.2, 0.25) is 0 Å². The van der Waals surface area contributed by atoms with Gasteiger partial charge < -0.3 is 14.2 Å². The molecule has 0 saturated carbocycles. The highest BCUT2D eigenvalue weighted by atomic mass is 127. The molecule has 0 aromatic heterocycles. The maximum Gasteiger partial charge on any atom is 0.331 e. The van der Waals surface area contributed by atoms with Gasteiger partial charge in [-0.05, 0) is 72.8 Å². The van der Waals surface area contributed by atoms with Gasteiger partial charge in [-0.3, -0.25) is 10.1 Å². The van der Waals surface area contributed by atoms with Crippen LogP contribution in [0, 0.1) is 3.57 Å². The number of amides is 1. The van der Waals surface area contributed by atoms with E-state index in [0.29, 0.717) is 18.1 Å². The third-order valence-corrected chi connectivity index (χ3v) is 4.84. The maximum atomic E-state index is 11.8. The Kier molecular flexibility index (Phi) is 8.30. The van der Waals surface area contributed by atoms with E-state index in [9.17, 15) is 9.59 Å². The van der Waals surface area contributed by atoms with Gasteiger partial charge in [-0.1, -0.05) is 0 Å². The molecular weight excluding hydrogens is 497 g/mol. The summed E-state index contributed by atoms with van der Waals surface area (Å²) in [6.45, 7) is 6.31. The summed E-state index contributed by atoms with van der Waals surface area (Å²) in [7, 11) is 1.24. The highest BCUT2D eigenvalue weighted by Crippen LogP contribution is 2.34. The lowest BCUT2D eigenvalue weighted by atomic mass is 10.2. The first-order chi connectivity index (χ1) is 13.3. The molecule has 1 N–H and O–H groups in total. The summed E-state index contributed by atoms with van der Waals surface area (Å²) in [6, 6.07) is 3.71. The highest BCUT2D eigenvalue weighted by Gasteiger charge is 2.25. The van der Waals surface area contributed by atoms with Crippen molar-refractivity contribution in [2.75, 3.05) is 13.7 Å². The number of amidine groups is 1. The van der Waals surface area contributed by atoms with Crippen molar-refractivity contribution >= 4 is 57.6 Å². The Balaban J connectivity index is 2.18. The van der Waals surface area contributed by atoms with E-state index in [1.807, 2.05) is 32.9 Å². The van der Waals surface area contributed by atoms with Gasteiger partial charge in [0.1, 0.15) is 0 Å². The molecule has 1 aliphatic rings. The summed E-state index contributed by atoms with van der Waals surface area (Å²) in [4.78, 5) is 23.2. The molecule has 10 heteroatoms. The summed E-state index contributed by atoms with van der Waals surface area (Å²) in [5, 5.41) is 10.8. The number of methoxy groups -OCH3 is 1. The van der Waals surface area contributed by atoms with Crippen LogP contribution in [0.3, 0.4) is 0 Å². The minimum atomic E-state index is -0.607. The van der Waals surface area contributed by atoms with Crippen LogP contribution in [0.1, 0.15) is 26.3 Å². The van der Waals surface area contributed by atoms with Gasteiger partial charge in [-0.15, -0.1) is 5.10 Å². The maximum absolute atomic E-state index is 11.8. The number of hydrogen-bond donors (Lipinski definition) is 1. The van der Waals surface area contributed by atoms with E-state index in [4.69, 9.17) is 9.47 Å². The van der Waals surface area contributed by atoms with Crippen molar-refractivity contribution in [2.45, 2.75) is 26.9 Å². The fraction of sp³-hybridized carbons (Fsp3) is 0.333. The number of benzene rings is 1. The number of carbonyl (C=O) groups is 2. The number of hydrogen-bond acceptors (Lipinski definition) is 8. The molecule has 0 radical (unpaired) electrons. The lowest BCUT2D eigenvalue weighted by molar-refractivity contribution is -0.135. The Morgan fingerprint density at radius 2 is 2.14 bits per heavy atom. The predicted octanol–water partition coefficient (Wildman–Crippen LogP) is 3.09. The second-order valence-electron chi connectivity index (χ2n) is 5.67. The Morgan fingerprint density at radius 1 is 1.39 bits per heavy atom. The molecule has 1 heterocycles. The van der Waals surface area contributed by atoms with Gasteiger partial charge in [-0.2, -0.15) is 5.10 Å². The van der Waals surface area contributed by atoms with Gasteiger partial charge >= 0.3 is 5.97 Å². The second kappa shape index (κ2) is 10.5. The predicted molar refractivity (Wildman–Crippen MR) is 117 cm³/mol. The molecule has 150 valence electrons. The van der Waals surface area contributed by atoms with Crippen LogP contribution in [-0.2, 0) is 14.3 Å². The molecular formula is C18H20IN3O5S. The van der Waals surface area contributed by atoms with E-state index in [2.05, 4.69) is 42.8 Å². The fourth-order valence-electron chi connectivity index (χ4n) is 2.06. The fourth-order valence-corrected chi connectivity index (χ4v) is 3.56. The Morgan fingerprint density at radius 3 is 2.79 bits per heavy atom. The molecule has 1 amide bonds. The average Bonchev–Trinajstić information content (AvgIpc) is 2.97. The monoisotopic (exact) mass is 517 g/mol. The smallest absolute Gasteiger partial charge is 0.331 e. The molecule has 0 bridgehead atoms. The number of rotatable bonds is 7. The van der Waals surface area contributed by atoms with E-state index in [0.717, 1.165) is 27.0 Å². The molecule has 1 aromatic rings. The van der Waals surface area contributed by atoms with Crippen molar-refractivity contribution in [3.05, 3.63) is 32.2 Å². The highest BCUT2D eigenvalue weighted by molar-refractivity contribution is 14.1. The van der Waals surface area contributed by atoms with Crippen molar-refractivity contribution in [2.24, 2.45) is 10.2 Å². The van der Waals surface area contributed by atoms with E-state index < -0.39 is 11.9 Å². The number of halogens is 1.